The zero-order valence-electron chi connectivity index (χ0n) is 11.9. The third kappa shape index (κ3) is 2.18. The van der Waals surface area contributed by atoms with E-state index in [4.69, 9.17) is 0 Å². The largest absolute Gasteiger partial charge is 0.338 e. The first-order valence-corrected chi connectivity index (χ1v) is 7.38. The molecule has 0 aliphatic carbocycles. The van der Waals surface area contributed by atoms with E-state index in [1.807, 2.05) is 4.90 Å². The van der Waals surface area contributed by atoms with Crippen LogP contribution >= 0.6 is 0 Å². The minimum atomic E-state index is -0.411. The van der Waals surface area contributed by atoms with Gasteiger partial charge in [0.15, 0.2) is 0 Å². The van der Waals surface area contributed by atoms with E-state index in [0.717, 1.165) is 26.2 Å². The summed E-state index contributed by atoms with van der Waals surface area (Å²) in [4.78, 5) is 16.0. The molecule has 1 aromatic carbocycles. The summed E-state index contributed by atoms with van der Waals surface area (Å²) in [6.07, 6.45) is 3.01. The van der Waals surface area contributed by atoms with Gasteiger partial charge in [0, 0.05) is 32.2 Å². The zero-order valence-corrected chi connectivity index (χ0v) is 11.9. The summed E-state index contributed by atoms with van der Waals surface area (Å²) in [6.45, 7) is 3.43. The van der Waals surface area contributed by atoms with Gasteiger partial charge in [0.05, 0.1) is 18.0 Å². The number of carbonyl (C=O) groups excluding carboxylic acids is 1. The first-order chi connectivity index (χ1) is 10.7. The Balaban J connectivity index is 1.66. The Kier molecular flexibility index (Phi) is 3.15. The molecular formula is C15H16FN5O. The van der Waals surface area contributed by atoms with E-state index in [9.17, 15) is 9.18 Å². The molecule has 0 radical (unpaired) electrons. The van der Waals surface area contributed by atoms with Crippen molar-refractivity contribution in [2.45, 2.75) is 0 Å². The lowest BCUT2D eigenvalue weighted by molar-refractivity contribution is 0.0781. The van der Waals surface area contributed by atoms with Gasteiger partial charge in [-0.3, -0.25) is 4.79 Å². The molecule has 0 spiro atoms. The number of benzene rings is 1. The molecule has 3 heterocycles. The first kappa shape index (κ1) is 13.4. The Morgan fingerprint density at radius 2 is 1.86 bits per heavy atom. The Bertz CT molecular complexity index is 690. The fraction of sp³-hybridized carbons (Fsp3) is 0.400. The summed E-state index contributed by atoms with van der Waals surface area (Å²) < 4.78 is 13.6. The lowest BCUT2D eigenvalue weighted by Gasteiger charge is -2.19. The molecule has 1 amide bonds. The van der Waals surface area contributed by atoms with Crippen LogP contribution in [-0.4, -0.2) is 52.0 Å². The average Bonchev–Trinajstić information content (AvgIpc) is 3.23. The third-order valence-electron chi connectivity index (χ3n) is 4.50. The first-order valence-electron chi connectivity index (χ1n) is 7.38. The molecule has 2 aromatic rings. The number of aromatic nitrogens is 3. The maximum Gasteiger partial charge on any atom is 0.256 e. The van der Waals surface area contributed by atoms with Gasteiger partial charge in [-0.05, 0) is 24.0 Å². The molecule has 6 nitrogen and oxygen atoms in total. The molecule has 7 heteroatoms. The van der Waals surface area contributed by atoms with Gasteiger partial charge < -0.3 is 10.2 Å². The Morgan fingerprint density at radius 3 is 2.55 bits per heavy atom. The van der Waals surface area contributed by atoms with Crippen molar-refractivity contribution in [3.63, 3.8) is 0 Å². The number of nitrogens with zero attached hydrogens (tertiary/aromatic N) is 4. The van der Waals surface area contributed by atoms with Crippen molar-refractivity contribution in [3.05, 3.63) is 42.0 Å². The monoisotopic (exact) mass is 301 g/mol. The van der Waals surface area contributed by atoms with Crippen LogP contribution in [0.5, 0.6) is 0 Å². The van der Waals surface area contributed by atoms with Crippen molar-refractivity contribution in [1.82, 2.24) is 25.2 Å². The molecule has 22 heavy (non-hydrogen) atoms. The lowest BCUT2D eigenvalue weighted by Crippen LogP contribution is -2.32. The van der Waals surface area contributed by atoms with E-state index < -0.39 is 5.82 Å². The molecule has 1 aromatic heterocycles. The lowest BCUT2D eigenvalue weighted by atomic mass is 10.0. The molecule has 2 aliphatic heterocycles. The van der Waals surface area contributed by atoms with Crippen molar-refractivity contribution < 1.29 is 9.18 Å². The number of hydrogen-bond acceptors (Lipinski definition) is 4. The highest BCUT2D eigenvalue weighted by Gasteiger charge is 2.38. The Hall–Kier alpha value is -2.28. The van der Waals surface area contributed by atoms with Gasteiger partial charge in [-0.2, -0.15) is 15.0 Å². The maximum absolute atomic E-state index is 13.6. The average molecular weight is 301 g/mol. The highest BCUT2D eigenvalue weighted by molar-refractivity contribution is 5.97. The highest BCUT2D eigenvalue weighted by Crippen LogP contribution is 2.28. The van der Waals surface area contributed by atoms with Gasteiger partial charge in [0.2, 0.25) is 0 Å². The quantitative estimate of drug-likeness (QED) is 0.887. The van der Waals surface area contributed by atoms with Crippen LogP contribution in [0.1, 0.15) is 10.4 Å². The van der Waals surface area contributed by atoms with Crippen molar-refractivity contribution in [3.8, 4) is 5.69 Å². The van der Waals surface area contributed by atoms with E-state index in [-0.39, 0.29) is 5.91 Å². The molecule has 0 saturated carbocycles. The molecule has 1 N–H and O–H groups in total. The fourth-order valence-corrected chi connectivity index (χ4v) is 3.38. The Morgan fingerprint density at radius 1 is 1.18 bits per heavy atom. The fourth-order valence-electron chi connectivity index (χ4n) is 3.38. The maximum atomic E-state index is 13.6. The van der Waals surface area contributed by atoms with Crippen molar-refractivity contribution in [2.75, 3.05) is 26.2 Å². The van der Waals surface area contributed by atoms with Crippen LogP contribution in [0.4, 0.5) is 4.39 Å². The number of carbonyl (C=O) groups is 1. The standard InChI is InChI=1S/C15H16FN5O/c16-12-1-2-13(14(5-12)21-18-3-4-19-21)15(22)20-8-10-6-17-7-11(10)9-20/h1-5,10-11,17H,6-9H2. The minimum absolute atomic E-state index is 0.0818. The minimum Gasteiger partial charge on any atom is -0.338 e. The smallest absolute Gasteiger partial charge is 0.256 e. The molecule has 114 valence electrons. The van der Waals surface area contributed by atoms with Crippen LogP contribution in [0.3, 0.4) is 0 Å². The second-order valence-corrected chi connectivity index (χ2v) is 5.87. The molecule has 0 bridgehead atoms. The molecule has 2 saturated heterocycles. The normalized spacial score (nSPS) is 23.8. The summed E-state index contributed by atoms with van der Waals surface area (Å²) in [6, 6.07) is 4.12. The van der Waals surface area contributed by atoms with Gasteiger partial charge in [0.25, 0.3) is 5.91 Å². The predicted octanol–water partition coefficient (Wildman–Crippen LogP) is 0.698. The van der Waals surface area contributed by atoms with E-state index in [1.54, 1.807) is 0 Å². The van der Waals surface area contributed by atoms with E-state index in [1.165, 1.54) is 35.4 Å². The molecule has 2 aliphatic rings. The van der Waals surface area contributed by atoms with Crippen LogP contribution in [0.25, 0.3) is 5.69 Å². The number of fused-ring (bicyclic) bond motifs is 1. The molecule has 2 unspecified atom stereocenters. The van der Waals surface area contributed by atoms with Crippen LogP contribution in [-0.2, 0) is 0 Å². The number of rotatable bonds is 2. The van der Waals surface area contributed by atoms with Gasteiger partial charge >= 0.3 is 0 Å². The van der Waals surface area contributed by atoms with E-state index in [0.29, 0.717) is 23.1 Å². The number of amides is 1. The van der Waals surface area contributed by atoms with Gasteiger partial charge in [-0.15, -0.1) is 0 Å². The summed E-state index contributed by atoms with van der Waals surface area (Å²) in [5.41, 5.74) is 0.815. The zero-order chi connectivity index (χ0) is 15.1. The number of likely N-dealkylation sites (tertiary alicyclic amines) is 1. The van der Waals surface area contributed by atoms with Gasteiger partial charge in [0.1, 0.15) is 11.5 Å². The van der Waals surface area contributed by atoms with Crippen molar-refractivity contribution >= 4 is 5.91 Å². The highest BCUT2D eigenvalue weighted by atomic mass is 19.1. The summed E-state index contributed by atoms with van der Waals surface area (Å²) in [5.74, 6) is 0.555. The van der Waals surface area contributed by atoms with Crippen LogP contribution < -0.4 is 5.32 Å². The number of nitrogens with one attached hydrogen (secondary N) is 1. The second kappa shape index (κ2) is 5.17. The Labute approximate surface area is 126 Å². The summed E-state index contributed by atoms with van der Waals surface area (Å²) in [5, 5.41) is 11.4. The molecular weight excluding hydrogens is 285 g/mol. The van der Waals surface area contributed by atoms with Gasteiger partial charge in [-0.1, -0.05) is 0 Å². The van der Waals surface area contributed by atoms with Crippen LogP contribution in [0, 0.1) is 17.7 Å². The summed E-state index contributed by atoms with van der Waals surface area (Å²) in [7, 11) is 0. The van der Waals surface area contributed by atoms with Crippen LogP contribution in [0.15, 0.2) is 30.6 Å². The SMILES string of the molecule is O=C(c1ccc(F)cc1-n1nccn1)N1CC2CNCC2C1. The van der Waals surface area contributed by atoms with E-state index >= 15 is 0 Å². The molecule has 2 atom stereocenters. The van der Waals surface area contributed by atoms with Crippen molar-refractivity contribution in [1.29, 1.82) is 0 Å². The van der Waals surface area contributed by atoms with Crippen LogP contribution in [0.2, 0.25) is 0 Å². The third-order valence-corrected chi connectivity index (χ3v) is 4.50. The molecule has 4 rings (SSSR count). The summed E-state index contributed by atoms with van der Waals surface area (Å²) >= 11 is 0. The predicted molar refractivity (Wildman–Crippen MR) is 77.1 cm³/mol. The molecule has 2 fully saturated rings. The van der Waals surface area contributed by atoms with E-state index in [2.05, 4.69) is 15.5 Å². The second-order valence-electron chi connectivity index (χ2n) is 5.87. The number of halogens is 1. The number of hydrogen-bond donors (Lipinski definition) is 1. The van der Waals surface area contributed by atoms with Crippen molar-refractivity contribution in [2.24, 2.45) is 11.8 Å². The topological polar surface area (TPSA) is 63.1 Å². The van der Waals surface area contributed by atoms with Gasteiger partial charge in [-0.25, -0.2) is 4.39 Å².